The van der Waals surface area contributed by atoms with Crippen molar-refractivity contribution in [3.05, 3.63) is 40.6 Å². The van der Waals surface area contributed by atoms with Crippen molar-refractivity contribution < 1.29 is 9.59 Å². The number of nitrogens with one attached hydrogen (secondary N) is 1. The van der Waals surface area contributed by atoms with E-state index in [1.165, 1.54) is 9.58 Å². The van der Waals surface area contributed by atoms with Crippen LogP contribution in [0.4, 0.5) is 11.4 Å². The molecule has 2 amide bonds. The van der Waals surface area contributed by atoms with E-state index >= 15 is 0 Å². The number of aryl methyl sites for hydroxylation is 1. The molecular formula is C17H19N5O3. The summed E-state index contributed by atoms with van der Waals surface area (Å²) >= 11 is 0. The first-order chi connectivity index (χ1) is 12.1. The van der Waals surface area contributed by atoms with E-state index in [1.54, 1.807) is 22.8 Å². The van der Waals surface area contributed by atoms with Crippen molar-refractivity contribution in [2.45, 2.75) is 38.8 Å². The molecule has 0 spiro atoms. The second-order valence-electron chi connectivity index (χ2n) is 6.36. The second kappa shape index (κ2) is 6.19. The number of para-hydroxylation sites is 2. The Morgan fingerprint density at radius 3 is 2.88 bits per heavy atom. The zero-order valence-corrected chi connectivity index (χ0v) is 13.8. The van der Waals surface area contributed by atoms with Crippen molar-refractivity contribution in [2.75, 3.05) is 16.8 Å². The van der Waals surface area contributed by atoms with Crippen molar-refractivity contribution in [3.8, 4) is 0 Å². The Balaban J connectivity index is 1.61. The van der Waals surface area contributed by atoms with Gasteiger partial charge in [-0.15, -0.1) is 0 Å². The van der Waals surface area contributed by atoms with Gasteiger partial charge in [-0.05, 0) is 25.0 Å². The molecule has 2 aliphatic rings. The number of nitrogens with zero attached hydrogens (tertiary/aromatic N) is 4. The Hall–Kier alpha value is -2.90. The summed E-state index contributed by atoms with van der Waals surface area (Å²) in [6.07, 6.45) is 3.79. The third-order valence-corrected chi connectivity index (χ3v) is 4.64. The van der Waals surface area contributed by atoms with Crippen LogP contribution in [0.3, 0.4) is 0 Å². The Bertz CT molecular complexity index is 898. The zero-order chi connectivity index (χ0) is 17.4. The summed E-state index contributed by atoms with van der Waals surface area (Å²) in [6.45, 7) is 0.427. The van der Waals surface area contributed by atoms with Crippen LogP contribution in [0.1, 0.15) is 25.1 Å². The number of amides is 2. The molecular weight excluding hydrogens is 322 g/mol. The van der Waals surface area contributed by atoms with Crippen LogP contribution < -0.4 is 15.9 Å². The van der Waals surface area contributed by atoms with E-state index < -0.39 is 0 Å². The normalized spacial score (nSPS) is 16.6. The number of aromatic nitrogens is 3. The Morgan fingerprint density at radius 1 is 1.16 bits per heavy atom. The lowest BCUT2D eigenvalue weighted by molar-refractivity contribution is -0.122. The van der Waals surface area contributed by atoms with Gasteiger partial charge in [0.15, 0.2) is 0 Å². The molecule has 1 aromatic heterocycles. The number of carbonyl (C=O) groups excluding carboxylic acids is 2. The van der Waals surface area contributed by atoms with Crippen molar-refractivity contribution in [3.63, 3.8) is 0 Å². The van der Waals surface area contributed by atoms with Crippen molar-refractivity contribution in [1.82, 2.24) is 14.3 Å². The van der Waals surface area contributed by atoms with Gasteiger partial charge in [0.25, 0.3) is 0 Å². The fourth-order valence-corrected chi connectivity index (χ4v) is 3.40. The maximum absolute atomic E-state index is 12.7. The highest BCUT2D eigenvalue weighted by atomic mass is 16.2. The summed E-state index contributed by atoms with van der Waals surface area (Å²) in [6, 6.07) is 7.13. The van der Waals surface area contributed by atoms with E-state index in [0.717, 1.165) is 31.5 Å². The quantitative estimate of drug-likeness (QED) is 0.873. The summed E-state index contributed by atoms with van der Waals surface area (Å²) in [5.41, 5.74) is 0.987. The molecule has 2 aliphatic heterocycles. The number of rotatable bonds is 2. The predicted molar refractivity (Wildman–Crippen MR) is 91.5 cm³/mol. The first-order valence-electron chi connectivity index (χ1n) is 8.49. The largest absolute Gasteiger partial charge is 0.346 e. The second-order valence-corrected chi connectivity index (χ2v) is 6.36. The van der Waals surface area contributed by atoms with Gasteiger partial charge >= 0.3 is 5.69 Å². The van der Waals surface area contributed by atoms with Crippen molar-refractivity contribution in [2.24, 2.45) is 0 Å². The minimum atomic E-state index is -0.322. The third-order valence-electron chi connectivity index (χ3n) is 4.64. The molecule has 0 saturated heterocycles. The van der Waals surface area contributed by atoms with Gasteiger partial charge in [-0.2, -0.15) is 5.10 Å². The van der Waals surface area contributed by atoms with Gasteiger partial charge in [0.2, 0.25) is 11.8 Å². The van der Waals surface area contributed by atoms with Crippen LogP contribution in [-0.4, -0.2) is 32.7 Å². The van der Waals surface area contributed by atoms with Gasteiger partial charge in [-0.3, -0.25) is 19.1 Å². The number of fused-ring (bicyclic) bond motifs is 2. The molecule has 1 N–H and O–H groups in total. The SMILES string of the molecule is O=C1CN(C(=O)Cn2nc3n(c2=O)CCCCC3)c2ccccc2N1. The molecule has 8 heteroatoms. The lowest BCUT2D eigenvalue weighted by Gasteiger charge is -2.28. The maximum atomic E-state index is 12.7. The van der Waals surface area contributed by atoms with Crippen molar-refractivity contribution in [1.29, 1.82) is 0 Å². The van der Waals surface area contributed by atoms with Gasteiger partial charge in [-0.25, -0.2) is 9.48 Å². The van der Waals surface area contributed by atoms with Crippen LogP contribution in [0.2, 0.25) is 0 Å². The van der Waals surface area contributed by atoms with Gasteiger partial charge in [0, 0.05) is 13.0 Å². The Labute approximate surface area is 144 Å². The lowest BCUT2D eigenvalue weighted by Crippen LogP contribution is -2.44. The fraction of sp³-hybridized carbons (Fsp3) is 0.412. The van der Waals surface area contributed by atoms with Gasteiger partial charge in [0.1, 0.15) is 18.9 Å². The number of carbonyl (C=O) groups is 2. The highest BCUT2D eigenvalue weighted by molar-refractivity contribution is 6.09. The van der Waals surface area contributed by atoms with Crippen LogP contribution in [0.25, 0.3) is 0 Å². The van der Waals surface area contributed by atoms with E-state index in [4.69, 9.17) is 0 Å². The first kappa shape index (κ1) is 15.6. The monoisotopic (exact) mass is 341 g/mol. The van der Waals surface area contributed by atoms with E-state index in [1.807, 2.05) is 6.07 Å². The summed E-state index contributed by atoms with van der Waals surface area (Å²) in [4.78, 5) is 38.5. The molecule has 8 nitrogen and oxygen atoms in total. The molecule has 0 fully saturated rings. The lowest BCUT2D eigenvalue weighted by atomic mass is 10.2. The van der Waals surface area contributed by atoms with Gasteiger partial charge in [-0.1, -0.05) is 18.6 Å². The summed E-state index contributed by atoms with van der Waals surface area (Å²) in [5.74, 6) is 0.171. The molecule has 130 valence electrons. The molecule has 0 bridgehead atoms. The average Bonchev–Trinajstić information content (AvgIpc) is 2.77. The minimum absolute atomic E-state index is 0.0574. The van der Waals surface area contributed by atoms with Gasteiger partial charge in [0.05, 0.1) is 11.4 Å². The number of anilines is 2. The first-order valence-corrected chi connectivity index (χ1v) is 8.49. The van der Waals surface area contributed by atoms with E-state index in [9.17, 15) is 14.4 Å². The van der Waals surface area contributed by atoms with Crippen LogP contribution in [-0.2, 0) is 29.1 Å². The highest BCUT2D eigenvalue weighted by Crippen LogP contribution is 2.28. The van der Waals surface area contributed by atoms with Crippen LogP contribution >= 0.6 is 0 Å². The maximum Gasteiger partial charge on any atom is 0.346 e. The van der Waals surface area contributed by atoms with Crippen LogP contribution in [0.5, 0.6) is 0 Å². The molecule has 0 radical (unpaired) electrons. The van der Waals surface area contributed by atoms with Gasteiger partial charge < -0.3 is 5.32 Å². The molecule has 1 aromatic carbocycles. The van der Waals surface area contributed by atoms with Crippen molar-refractivity contribution >= 4 is 23.2 Å². The molecule has 0 atom stereocenters. The predicted octanol–water partition coefficient (Wildman–Crippen LogP) is 0.756. The zero-order valence-electron chi connectivity index (χ0n) is 13.8. The van der Waals surface area contributed by atoms with E-state index in [-0.39, 0.29) is 30.6 Å². The standard InChI is InChI=1S/C17H19N5O3/c23-15-10-21(13-7-4-3-6-12(13)18-15)16(24)11-22-17(25)20-9-5-1-2-8-14(20)19-22/h3-4,6-7H,1-2,5,8-11H2,(H,18,23). The Kier molecular flexibility index (Phi) is 3.87. The molecule has 25 heavy (non-hydrogen) atoms. The van der Waals surface area contributed by atoms with E-state index in [0.29, 0.717) is 17.9 Å². The Morgan fingerprint density at radius 2 is 2.00 bits per heavy atom. The molecule has 4 rings (SSSR count). The third kappa shape index (κ3) is 2.84. The van der Waals surface area contributed by atoms with Crippen LogP contribution in [0.15, 0.2) is 29.1 Å². The number of benzene rings is 1. The highest BCUT2D eigenvalue weighted by Gasteiger charge is 2.28. The molecule has 2 aromatic rings. The summed E-state index contributed by atoms with van der Waals surface area (Å²) in [7, 11) is 0. The fourth-order valence-electron chi connectivity index (χ4n) is 3.40. The average molecular weight is 341 g/mol. The summed E-state index contributed by atoms with van der Waals surface area (Å²) in [5, 5.41) is 7.08. The minimum Gasteiger partial charge on any atom is -0.323 e. The van der Waals surface area contributed by atoms with E-state index in [2.05, 4.69) is 10.4 Å². The topological polar surface area (TPSA) is 89.2 Å². The number of hydrogen-bond acceptors (Lipinski definition) is 4. The molecule has 0 aliphatic carbocycles. The molecule has 3 heterocycles. The number of hydrogen-bond donors (Lipinski definition) is 1. The molecule has 0 unspecified atom stereocenters. The molecule has 0 saturated carbocycles. The summed E-state index contributed by atoms with van der Waals surface area (Å²) < 4.78 is 2.88. The smallest absolute Gasteiger partial charge is 0.323 e. The van der Waals surface area contributed by atoms with Crippen LogP contribution in [0, 0.1) is 0 Å².